The molecule has 5 nitrogen and oxygen atoms in total. The van der Waals surface area contributed by atoms with Gasteiger partial charge in [0.1, 0.15) is 11.4 Å². The minimum absolute atomic E-state index is 0.109. The van der Waals surface area contributed by atoms with Gasteiger partial charge in [-0.25, -0.2) is 9.18 Å². The zero-order chi connectivity index (χ0) is 16.4. The van der Waals surface area contributed by atoms with Gasteiger partial charge in [-0.3, -0.25) is 9.69 Å². The molecule has 0 bridgehead atoms. The number of urea groups is 1. The molecule has 3 rings (SSSR count). The molecule has 0 aromatic heterocycles. The van der Waals surface area contributed by atoms with Crippen molar-refractivity contribution < 1.29 is 14.0 Å². The largest absolute Gasteiger partial charge is 0.324 e. The zero-order valence-electron chi connectivity index (χ0n) is 13.3. The number of halogens is 1. The van der Waals surface area contributed by atoms with E-state index in [0.29, 0.717) is 12.8 Å². The van der Waals surface area contributed by atoms with Gasteiger partial charge in [0.25, 0.3) is 5.91 Å². The number of nitrogens with zero attached hydrogens (tertiary/aromatic N) is 2. The van der Waals surface area contributed by atoms with Crippen molar-refractivity contribution in [2.45, 2.75) is 31.2 Å². The molecule has 2 aliphatic heterocycles. The molecular formula is C17H22FN3O2. The summed E-state index contributed by atoms with van der Waals surface area (Å²) < 4.78 is 13.1. The molecule has 3 amide bonds. The number of nitrogens with one attached hydrogen (secondary N) is 1. The molecule has 1 N–H and O–H groups in total. The Labute approximate surface area is 135 Å². The second-order valence-corrected chi connectivity index (χ2v) is 6.45. The fourth-order valence-electron chi connectivity index (χ4n) is 3.45. The number of likely N-dealkylation sites (tertiary alicyclic amines) is 1. The van der Waals surface area contributed by atoms with Gasteiger partial charge in [0.2, 0.25) is 0 Å². The molecule has 2 aliphatic rings. The molecule has 1 aromatic carbocycles. The number of aryl methyl sites for hydroxylation is 1. The Balaban J connectivity index is 1.47. The minimum Gasteiger partial charge on any atom is -0.323 e. The standard InChI is InChI=1S/C17H22FN3O2/c1-20-15(22)17(19-16(20)23)7-10-21(11-8-17)9-3-5-13-4-2-6-14(18)12-13/h2,4,6,12H,3,5,7-11H2,1H3,(H,19,23). The number of rotatable bonds is 4. The maximum absolute atomic E-state index is 13.1. The van der Waals surface area contributed by atoms with Gasteiger partial charge in [-0.05, 0) is 49.9 Å². The van der Waals surface area contributed by atoms with E-state index in [2.05, 4.69) is 10.2 Å². The van der Waals surface area contributed by atoms with Gasteiger partial charge in [-0.1, -0.05) is 12.1 Å². The number of carbonyl (C=O) groups is 2. The maximum Gasteiger partial charge on any atom is 0.324 e. The Kier molecular flexibility index (Phi) is 4.35. The highest BCUT2D eigenvalue weighted by atomic mass is 19.1. The van der Waals surface area contributed by atoms with E-state index in [0.717, 1.165) is 38.0 Å². The third kappa shape index (κ3) is 3.22. The summed E-state index contributed by atoms with van der Waals surface area (Å²) in [4.78, 5) is 27.4. The third-order valence-corrected chi connectivity index (χ3v) is 4.90. The molecule has 2 heterocycles. The van der Waals surface area contributed by atoms with E-state index in [4.69, 9.17) is 0 Å². The first kappa shape index (κ1) is 15.9. The van der Waals surface area contributed by atoms with E-state index < -0.39 is 5.54 Å². The molecule has 2 saturated heterocycles. The van der Waals surface area contributed by atoms with Gasteiger partial charge in [0, 0.05) is 20.1 Å². The van der Waals surface area contributed by atoms with Crippen LogP contribution >= 0.6 is 0 Å². The van der Waals surface area contributed by atoms with E-state index in [1.807, 2.05) is 6.07 Å². The first-order valence-corrected chi connectivity index (χ1v) is 8.07. The van der Waals surface area contributed by atoms with Crippen molar-refractivity contribution in [1.82, 2.24) is 15.1 Å². The van der Waals surface area contributed by atoms with Crippen molar-refractivity contribution in [3.63, 3.8) is 0 Å². The van der Waals surface area contributed by atoms with Crippen molar-refractivity contribution in [2.24, 2.45) is 0 Å². The van der Waals surface area contributed by atoms with Crippen LogP contribution in [0, 0.1) is 5.82 Å². The molecule has 0 radical (unpaired) electrons. The van der Waals surface area contributed by atoms with E-state index in [9.17, 15) is 14.0 Å². The molecule has 124 valence electrons. The lowest BCUT2D eigenvalue weighted by molar-refractivity contribution is -0.132. The first-order valence-electron chi connectivity index (χ1n) is 8.07. The molecule has 2 fully saturated rings. The van der Waals surface area contributed by atoms with Gasteiger partial charge in [0.05, 0.1) is 0 Å². The number of piperidine rings is 1. The lowest BCUT2D eigenvalue weighted by atomic mass is 9.87. The average molecular weight is 319 g/mol. The highest BCUT2D eigenvalue weighted by molar-refractivity contribution is 6.06. The SMILES string of the molecule is CN1C(=O)NC2(CCN(CCCc3cccc(F)c3)CC2)C1=O. The van der Waals surface area contributed by atoms with Crippen LogP contribution in [0.2, 0.25) is 0 Å². The lowest BCUT2D eigenvalue weighted by Crippen LogP contribution is -2.54. The van der Waals surface area contributed by atoms with Crippen LogP contribution in [0.25, 0.3) is 0 Å². The number of hydrogen-bond acceptors (Lipinski definition) is 3. The van der Waals surface area contributed by atoms with Crippen LogP contribution in [0.3, 0.4) is 0 Å². The molecule has 6 heteroatoms. The highest BCUT2D eigenvalue weighted by Gasteiger charge is 2.50. The monoisotopic (exact) mass is 319 g/mol. The molecule has 1 aromatic rings. The van der Waals surface area contributed by atoms with Crippen LogP contribution in [-0.2, 0) is 11.2 Å². The van der Waals surface area contributed by atoms with Crippen molar-refractivity contribution in [3.05, 3.63) is 35.6 Å². The summed E-state index contributed by atoms with van der Waals surface area (Å²) in [6.45, 7) is 2.51. The number of hydrogen-bond donors (Lipinski definition) is 1. The summed E-state index contributed by atoms with van der Waals surface area (Å²) in [5.41, 5.74) is 0.323. The molecule has 1 spiro atoms. The van der Waals surface area contributed by atoms with E-state index in [1.54, 1.807) is 12.1 Å². The van der Waals surface area contributed by atoms with Gasteiger partial charge in [-0.2, -0.15) is 0 Å². The Morgan fingerprint density at radius 1 is 1.26 bits per heavy atom. The summed E-state index contributed by atoms with van der Waals surface area (Å²) in [6, 6.07) is 6.41. The number of imide groups is 1. The van der Waals surface area contributed by atoms with Crippen LogP contribution in [0.15, 0.2) is 24.3 Å². The third-order valence-electron chi connectivity index (χ3n) is 4.90. The van der Waals surface area contributed by atoms with Gasteiger partial charge >= 0.3 is 6.03 Å². The van der Waals surface area contributed by atoms with Crippen molar-refractivity contribution in [2.75, 3.05) is 26.7 Å². The van der Waals surface area contributed by atoms with Crippen molar-refractivity contribution in [3.8, 4) is 0 Å². The number of amides is 3. The summed E-state index contributed by atoms with van der Waals surface area (Å²) in [6.07, 6.45) is 3.11. The zero-order valence-corrected chi connectivity index (χ0v) is 13.3. The topological polar surface area (TPSA) is 52.7 Å². The number of carbonyl (C=O) groups excluding carboxylic acids is 2. The Morgan fingerprint density at radius 3 is 2.61 bits per heavy atom. The van der Waals surface area contributed by atoms with Gasteiger partial charge < -0.3 is 10.2 Å². The van der Waals surface area contributed by atoms with Crippen molar-refractivity contribution >= 4 is 11.9 Å². The molecule has 0 aliphatic carbocycles. The summed E-state index contributed by atoms with van der Waals surface area (Å²) >= 11 is 0. The average Bonchev–Trinajstić information content (AvgIpc) is 2.74. The summed E-state index contributed by atoms with van der Waals surface area (Å²) in [7, 11) is 1.53. The van der Waals surface area contributed by atoms with Crippen LogP contribution in [0.5, 0.6) is 0 Å². The van der Waals surface area contributed by atoms with Crippen LogP contribution in [-0.4, -0.2) is 54.0 Å². The predicted molar refractivity (Wildman–Crippen MR) is 84.4 cm³/mol. The normalized spacial score (nSPS) is 21.0. The van der Waals surface area contributed by atoms with Crippen LogP contribution in [0.4, 0.5) is 9.18 Å². The minimum atomic E-state index is -0.690. The Morgan fingerprint density at radius 2 is 2.00 bits per heavy atom. The van der Waals surface area contributed by atoms with Gasteiger partial charge in [0.15, 0.2) is 0 Å². The summed E-state index contributed by atoms with van der Waals surface area (Å²) in [5.74, 6) is -0.302. The van der Waals surface area contributed by atoms with Gasteiger partial charge in [-0.15, -0.1) is 0 Å². The quantitative estimate of drug-likeness (QED) is 0.861. The number of likely N-dealkylation sites (N-methyl/N-ethyl adjacent to an activating group) is 1. The number of benzene rings is 1. The Hall–Kier alpha value is -1.95. The molecule has 0 atom stereocenters. The van der Waals surface area contributed by atoms with E-state index in [1.165, 1.54) is 18.0 Å². The van der Waals surface area contributed by atoms with Crippen LogP contribution in [0.1, 0.15) is 24.8 Å². The van der Waals surface area contributed by atoms with Crippen molar-refractivity contribution in [1.29, 1.82) is 0 Å². The molecular weight excluding hydrogens is 297 g/mol. The second-order valence-electron chi connectivity index (χ2n) is 6.45. The molecule has 0 saturated carbocycles. The van der Waals surface area contributed by atoms with Crippen LogP contribution < -0.4 is 5.32 Å². The smallest absolute Gasteiger partial charge is 0.323 e. The second kappa shape index (κ2) is 6.28. The Bertz CT molecular complexity index is 612. The van der Waals surface area contributed by atoms with E-state index >= 15 is 0 Å². The predicted octanol–water partition coefficient (Wildman–Crippen LogP) is 1.77. The molecule has 23 heavy (non-hydrogen) atoms. The highest BCUT2D eigenvalue weighted by Crippen LogP contribution is 2.28. The molecule has 0 unspecified atom stereocenters. The lowest BCUT2D eigenvalue weighted by Gasteiger charge is -2.37. The fraction of sp³-hybridized carbons (Fsp3) is 0.529. The summed E-state index contributed by atoms with van der Waals surface area (Å²) in [5, 5.41) is 2.85. The fourth-order valence-corrected chi connectivity index (χ4v) is 3.45. The first-order chi connectivity index (χ1) is 11.0. The van der Waals surface area contributed by atoms with E-state index in [-0.39, 0.29) is 17.8 Å². The maximum atomic E-state index is 13.1.